The minimum atomic E-state index is -0.517. The van der Waals surface area contributed by atoms with Crippen LogP contribution < -0.4 is 14.4 Å². The molecule has 0 aromatic heterocycles. The quantitative estimate of drug-likeness (QED) is 0.915. The summed E-state index contributed by atoms with van der Waals surface area (Å²) in [4.78, 5) is 4.78. The second-order valence-corrected chi connectivity index (χ2v) is 7.21. The second kappa shape index (κ2) is 7.17. The number of rotatable bonds is 4. The lowest BCUT2D eigenvalue weighted by atomic mass is 10.1. The lowest BCUT2D eigenvalue weighted by molar-refractivity contribution is 0.109. The average Bonchev–Trinajstić information content (AvgIpc) is 3.12. The SMILES string of the molecule is Cc1ccc(C)c(N2CCN(C[C@H](O)c3ccc4c(c3)OCO4)CC2)c1. The highest BCUT2D eigenvalue weighted by Gasteiger charge is 2.22. The maximum atomic E-state index is 10.6. The Labute approximate surface area is 154 Å². The number of hydrogen-bond donors (Lipinski definition) is 1. The molecule has 5 heteroatoms. The number of aryl methyl sites for hydroxylation is 2. The van der Waals surface area contributed by atoms with Crippen LogP contribution in [-0.4, -0.2) is 49.5 Å². The van der Waals surface area contributed by atoms with E-state index in [1.807, 2.05) is 18.2 Å². The van der Waals surface area contributed by atoms with Crippen molar-refractivity contribution < 1.29 is 14.6 Å². The van der Waals surface area contributed by atoms with E-state index in [-0.39, 0.29) is 6.79 Å². The van der Waals surface area contributed by atoms with Crippen LogP contribution in [0.2, 0.25) is 0 Å². The van der Waals surface area contributed by atoms with Crippen molar-refractivity contribution in [2.75, 3.05) is 44.4 Å². The summed E-state index contributed by atoms with van der Waals surface area (Å²) in [6.45, 7) is 9.08. The Morgan fingerprint density at radius 3 is 2.54 bits per heavy atom. The van der Waals surface area contributed by atoms with Crippen molar-refractivity contribution in [3.05, 3.63) is 53.1 Å². The Bertz CT molecular complexity index is 785. The van der Waals surface area contributed by atoms with E-state index < -0.39 is 6.10 Å². The Balaban J connectivity index is 1.35. The van der Waals surface area contributed by atoms with Crippen molar-refractivity contribution in [1.82, 2.24) is 4.90 Å². The van der Waals surface area contributed by atoms with Gasteiger partial charge in [0.15, 0.2) is 11.5 Å². The molecule has 0 radical (unpaired) electrons. The monoisotopic (exact) mass is 354 g/mol. The molecule has 0 spiro atoms. The first-order chi connectivity index (χ1) is 12.6. The molecular weight excluding hydrogens is 328 g/mol. The Morgan fingerprint density at radius 2 is 1.73 bits per heavy atom. The van der Waals surface area contributed by atoms with Crippen molar-refractivity contribution in [3.63, 3.8) is 0 Å². The maximum absolute atomic E-state index is 10.6. The Morgan fingerprint density at radius 1 is 0.962 bits per heavy atom. The summed E-state index contributed by atoms with van der Waals surface area (Å²) in [7, 11) is 0. The second-order valence-electron chi connectivity index (χ2n) is 7.21. The summed E-state index contributed by atoms with van der Waals surface area (Å²) in [5.41, 5.74) is 4.84. The first-order valence-corrected chi connectivity index (χ1v) is 9.22. The number of anilines is 1. The lowest BCUT2D eigenvalue weighted by Gasteiger charge is -2.37. The van der Waals surface area contributed by atoms with Gasteiger partial charge in [-0.3, -0.25) is 4.90 Å². The molecule has 2 aliphatic rings. The number of aliphatic hydroxyl groups excluding tert-OH is 1. The van der Waals surface area contributed by atoms with Crippen LogP contribution in [0.1, 0.15) is 22.8 Å². The average molecular weight is 354 g/mol. The number of nitrogens with zero attached hydrogens (tertiary/aromatic N) is 2. The highest BCUT2D eigenvalue weighted by atomic mass is 16.7. The fourth-order valence-corrected chi connectivity index (χ4v) is 3.70. The van der Waals surface area contributed by atoms with Crippen LogP contribution in [0.3, 0.4) is 0 Å². The molecule has 2 aromatic rings. The van der Waals surface area contributed by atoms with E-state index in [1.165, 1.54) is 16.8 Å². The molecule has 2 heterocycles. The smallest absolute Gasteiger partial charge is 0.231 e. The highest BCUT2D eigenvalue weighted by Crippen LogP contribution is 2.34. The summed E-state index contributed by atoms with van der Waals surface area (Å²) >= 11 is 0. The van der Waals surface area contributed by atoms with Gasteiger partial charge in [0.1, 0.15) is 0 Å². The standard InChI is InChI=1S/C21H26N2O3/c1-15-3-4-16(2)18(11-15)23-9-7-22(8-10-23)13-19(24)17-5-6-20-21(12-17)26-14-25-20/h3-6,11-12,19,24H,7-10,13-14H2,1-2H3/t19-/m0/s1. The van der Waals surface area contributed by atoms with Gasteiger partial charge in [0.25, 0.3) is 0 Å². The third-order valence-electron chi connectivity index (χ3n) is 5.29. The molecule has 0 amide bonds. The van der Waals surface area contributed by atoms with E-state index in [1.54, 1.807) is 0 Å². The molecule has 0 aliphatic carbocycles. The van der Waals surface area contributed by atoms with Crippen molar-refractivity contribution in [2.24, 2.45) is 0 Å². The predicted octanol–water partition coefficient (Wildman–Crippen LogP) is 2.89. The van der Waals surface area contributed by atoms with E-state index in [4.69, 9.17) is 9.47 Å². The summed E-state index contributed by atoms with van der Waals surface area (Å²) in [6.07, 6.45) is -0.517. The fraction of sp³-hybridized carbons (Fsp3) is 0.429. The molecule has 1 N–H and O–H groups in total. The summed E-state index contributed by atoms with van der Waals surface area (Å²) in [5, 5.41) is 10.6. The molecule has 2 aliphatic heterocycles. The van der Waals surface area contributed by atoms with Gasteiger partial charge in [-0.1, -0.05) is 18.2 Å². The van der Waals surface area contributed by atoms with E-state index in [0.29, 0.717) is 6.54 Å². The van der Waals surface area contributed by atoms with Crippen molar-refractivity contribution in [1.29, 1.82) is 0 Å². The lowest BCUT2D eigenvalue weighted by Crippen LogP contribution is -2.47. The molecule has 0 bridgehead atoms. The van der Waals surface area contributed by atoms with Gasteiger partial charge in [0, 0.05) is 38.4 Å². The van der Waals surface area contributed by atoms with Gasteiger partial charge in [-0.2, -0.15) is 0 Å². The number of hydrogen-bond acceptors (Lipinski definition) is 5. The third-order valence-corrected chi connectivity index (χ3v) is 5.29. The molecule has 5 nitrogen and oxygen atoms in total. The number of benzene rings is 2. The van der Waals surface area contributed by atoms with Crippen LogP contribution in [0.5, 0.6) is 11.5 Å². The molecule has 138 valence electrons. The van der Waals surface area contributed by atoms with Crippen LogP contribution in [-0.2, 0) is 0 Å². The minimum Gasteiger partial charge on any atom is -0.454 e. The number of fused-ring (bicyclic) bond motifs is 1. The van der Waals surface area contributed by atoms with Crippen molar-refractivity contribution >= 4 is 5.69 Å². The van der Waals surface area contributed by atoms with Gasteiger partial charge < -0.3 is 19.5 Å². The molecule has 2 aromatic carbocycles. The normalized spacial score (nSPS) is 18.2. The molecule has 26 heavy (non-hydrogen) atoms. The fourth-order valence-electron chi connectivity index (χ4n) is 3.70. The van der Waals surface area contributed by atoms with E-state index >= 15 is 0 Å². The van der Waals surface area contributed by atoms with Gasteiger partial charge in [-0.25, -0.2) is 0 Å². The summed E-state index contributed by atoms with van der Waals surface area (Å²) in [6, 6.07) is 12.3. The topological polar surface area (TPSA) is 45.2 Å². The van der Waals surface area contributed by atoms with Crippen LogP contribution in [0.25, 0.3) is 0 Å². The van der Waals surface area contributed by atoms with Crippen molar-refractivity contribution in [3.8, 4) is 11.5 Å². The zero-order chi connectivity index (χ0) is 18.1. The molecular formula is C21H26N2O3. The number of piperazine rings is 1. The number of β-amino-alcohol motifs (C(OH)–C–C–N with tert-alkyl or cyclic N) is 1. The summed E-state index contributed by atoms with van der Waals surface area (Å²) in [5.74, 6) is 1.48. The number of aliphatic hydroxyl groups is 1. The van der Waals surface area contributed by atoms with E-state index in [2.05, 4.69) is 41.8 Å². The highest BCUT2D eigenvalue weighted by molar-refractivity contribution is 5.55. The molecule has 1 atom stereocenters. The van der Waals surface area contributed by atoms with Crippen LogP contribution in [0.4, 0.5) is 5.69 Å². The first-order valence-electron chi connectivity index (χ1n) is 9.22. The Kier molecular flexibility index (Phi) is 4.74. The first kappa shape index (κ1) is 17.2. The largest absolute Gasteiger partial charge is 0.454 e. The van der Waals surface area contributed by atoms with Gasteiger partial charge in [-0.05, 0) is 48.7 Å². The molecule has 0 unspecified atom stereocenters. The van der Waals surface area contributed by atoms with E-state index in [9.17, 15) is 5.11 Å². The van der Waals surface area contributed by atoms with E-state index in [0.717, 1.165) is 43.2 Å². The molecule has 0 saturated carbocycles. The van der Waals surface area contributed by atoms with Crippen LogP contribution in [0, 0.1) is 13.8 Å². The zero-order valence-electron chi connectivity index (χ0n) is 15.4. The molecule has 1 saturated heterocycles. The van der Waals surface area contributed by atoms with Crippen molar-refractivity contribution in [2.45, 2.75) is 20.0 Å². The zero-order valence-corrected chi connectivity index (χ0v) is 15.4. The molecule has 4 rings (SSSR count). The van der Waals surface area contributed by atoms with Gasteiger partial charge in [0.05, 0.1) is 6.10 Å². The third kappa shape index (κ3) is 3.50. The van der Waals surface area contributed by atoms with Crippen LogP contribution >= 0.6 is 0 Å². The van der Waals surface area contributed by atoms with Gasteiger partial charge in [0.2, 0.25) is 6.79 Å². The predicted molar refractivity (Wildman–Crippen MR) is 102 cm³/mol. The summed E-state index contributed by atoms with van der Waals surface area (Å²) < 4.78 is 10.7. The maximum Gasteiger partial charge on any atom is 0.231 e. The molecule has 1 fully saturated rings. The number of ether oxygens (including phenoxy) is 2. The minimum absolute atomic E-state index is 0.259. The van der Waals surface area contributed by atoms with Gasteiger partial charge >= 0.3 is 0 Å². The van der Waals surface area contributed by atoms with Gasteiger partial charge in [-0.15, -0.1) is 0 Å². The Hall–Kier alpha value is -2.24. The van der Waals surface area contributed by atoms with Crippen LogP contribution in [0.15, 0.2) is 36.4 Å².